The molecule has 0 saturated carbocycles. The van der Waals surface area contributed by atoms with E-state index >= 15 is 0 Å². The average Bonchev–Trinajstić information content (AvgIpc) is 2.84. The molecule has 0 saturated heterocycles. The molecule has 2 N–H and O–H groups in total. The molecule has 1 aromatic carbocycles. The Morgan fingerprint density at radius 2 is 2.14 bits per heavy atom. The summed E-state index contributed by atoms with van der Waals surface area (Å²) in [7, 11) is 0. The second-order valence-corrected chi connectivity index (χ2v) is 6.05. The van der Waals surface area contributed by atoms with Crippen molar-refractivity contribution in [2.75, 3.05) is 6.54 Å². The van der Waals surface area contributed by atoms with Gasteiger partial charge in [0.2, 0.25) is 0 Å². The third-order valence-electron chi connectivity index (χ3n) is 4.38. The minimum Gasteiger partial charge on any atom is -0.466 e. The zero-order valence-electron chi connectivity index (χ0n) is 13.0. The number of carbonyl (C=O) groups is 1. The monoisotopic (exact) mass is 299 g/mol. The van der Waals surface area contributed by atoms with Crippen LogP contribution in [0.4, 0.5) is 0 Å². The Kier molecular flexibility index (Phi) is 3.79. The van der Waals surface area contributed by atoms with Crippen molar-refractivity contribution in [1.29, 1.82) is 0 Å². The highest BCUT2D eigenvalue weighted by Gasteiger charge is 2.34. The zero-order valence-corrected chi connectivity index (χ0v) is 13.0. The van der Waals surface area contributed by atoms with Crippen LogP contribution in [0.1, 0.15) is 45.8 Å². The van der Waals surface area contributed by atoms with Crippen LogP contribution in [0.25, 0.3) is 0 Å². The first-order chi connectivity index (χ1) is 10.5. The Morgan fingerprint density at radius 3 is 2.86 bits per heavy atom. The van der Waals surface area contributed by atoms with Gasteiger partial charge in [0.25, 0.3) is 5.91 Å². The average molecular weight is 299 g/mol. The molecule has 3 rings (SSSR count). The number of carbonyl (C=O) groups excluding carboxylic acids is 1. The summed E-state index contributed by atoms with van der Waals surface area (Å²) in [6.07, 6.45) is 2.56. The van der Waals surface area contributed by atoms with Gasteiger partial charge in [-0.1, -0.05) is 24.3 Å². The summed E-state index contributed by atoms with van der Waals surface area (Å²) < 4.78 is 5.39. The molecule has 0 fully saturated rings. The first-order valence-corrected chi connectivity index (χ1v) is 7.65. The summed E-state index contributed by atoms with van der Waals surface area (Å²) in [6, 6.07) is 9.64. The van der Waals surface area contributed by atoms with E-state index in [9.17, 15) is 9.90 Å². The molecule has 1 unspecified atom stereocenters. The van der Waals surface area contributed by atoms with Crippen molar-refractivity contribution in [3.05, 3.63) is 58.5 Å². The fourth-order valence-corrected chi connectivity index (χ4v) is 3.26. The highest BCUT2D eigenvalue weighted by Crippen LogP contribution is 2.34. The van der Waals surface area contributed by atoms with Crippen LogP contribution in [0.3, 0.4) is 0 Å². The minimum absolute atomic E-state index is 0.203. The van der Waals surface area contributed by atoms with Gasteiger partial charge in [-0.2, -0.15) is 0 Å². The lowest BCUT2D eigenvalue weighted by Gasteiger charge is -2.34. The summed E-state index contributed by atoms with van der Waals surface area (Å²) in [5.74, 6) is 1.11. The van der Waals surface area contributed by atoms with Gasteiger partial charge >= 0.3 is 0 Å². The minimum atomic E-state index is -0.989. The first-order valence-electron chi connectivity index (χ1n) is 7.65. The molecule has 1 aromatic heterocycles. The number of fused-ring (bicyclic) bond motifs is 1. The van der Waals surface area contributed by atoms with Crippen LogP contribution in [0.2, 0.25) is 0 Å². The molecular weight excluding hydrogens is 278 g/mol. The zero-order chi connectivity index (χ0) is 15.7. The van der Waals surface area contributed by atoms with E-state index in [1.165, 1.54) is 5.56 Å². The predicted molar refractivity (Wildman–Crippen MR) is 83.8 cm³/mol. The fourth-order valence-electron chi connectivity index (χ4n) is 3.26. The van der Waals surface area contributed by atoms with Crippen molar-refractivity contribution >= 4 is 5.91 Å². The highest BCUT2D eigenvalue weighted by molar-refractivity contribution is 5.95. The Balaban J connectivity index is 1.76. The number of nitrogens with one attached hydrogen (secondary N) is 1. The normalized spacial score (nSPS) is 20.5. The van der Waals surface area contributed by atoms with Crippen LogP contribution < -0.4 is 5.32 Å². The quantitative estimate of drug-likeness (QED) is 0.916. The molecule has 0 radical (unpaired) electrons. The lowest BCUT2D eigenvalue weighted by molar-refractivity contribution is 0.0189. The molecule has 0 bridgehead atoms. The third-order valence-corrected chi connectivity index (χ3v) is 4.38. The smallest absolute Gasteiger partial charge is 0.254 e. The summed E-state index contributed by atoms with van der Waals surface area (Å²) in [5, 5.41) is 13.8. The van der Waals surface area contributed by atoms with Crippen LogP contribution in [-0.4, -0.2) is 17.6 Å². The van der Waals surface area contributed by atoms with Crippen molar-refractivity contribution < 1.29 is 14.3 Å². The van der Waals surface area contributed by atoms with E-state index in [1.54, 1.807) is 13.0 Å². The maximum atomic E-state index is 12.3. The molecule has 0 aliphatic heterocycles. The van der Waals surface area contributed by atoms with E-state index in [2.05, 4.69) is 5.32 Å². The van der Waals surface area contributed by atoms with Crippen LogP contribution in [0, 0.1) is 13.8 Å². The summed E-state index contributed by atoms with van der Waals surface area (Å²) >= 11 is 0. The largest absolute Gasteiger partial charge is 0.466 e. The molecule has 1 aliphatic carbocycles. The van der Waals surface area contributed by atoms with Crippen molar-refractivity contribution in [2.24, 2.45) is 0 Å². The SMILES string of the molecule is Cc1cc(C(=O)NCC2(O)CCCc3ccccc32)c(C)o1. The number of amides is 1. The topological polar surface area (TPSA) is 62.5 Å². The molecule has 4 heteroatoms. The van der Waals surface area contributed by atoms with Crippen molar-refractivity contribution in [3.63, 3.8) is 0 Å². The number of benzene rings is 1. The molecule has 2 aromatic rings. The van der Waals surface area contributed by atoms with Gasteiger partial charge in [0, 0.05) is 0 Å². The molecule has 1 heterocycles. The number of furan rings is 1. The number of aryl methyl sites for hydroxylation is 3. The lowest BCUT2D eigenvalue weighted by atomic mass is 9.79. The van der Waals surface area contributed by atoms with Gasteiger partial charge in [-0.25, -0.2) is 0 Å². The predicted octanol–water partition coefficient (Wildman–Crippen LogP) is 2.85. The molecule has 1 aliphatic rings. The second-order valence-electron chi connectivity index (χ2n) is 6.05. The van der Waals surface area contributed by atoms with Gasteiger partial charge < -0.3 is 14.8 Å². The van der Waals surface area contributed by atoms with Gasteiger partial charge in [-0.05, 0) is 50.3 Å². The van der Waals surface area contributed by atoms with Crippen LogP contribution in [0.15, 0.2) is 34.7 Å². The number of rotatable bonds is 3. The van der Waals surface area contributed by atoms with Gasteiger partial charge in [-0.3, -0.25) is 4.79 Å². The molecule has 1 atom stereocenters. The van der Waals surface area contributed by atoms with Crippen molar-refractivity contribution in [2.45, 2.75) is 38.7 Å². The van der Waals surface area contributed by atoms with E-state index in [4.69, 9.17) is 4.42 Å². The molecule has 0 spiro atoms. The Morgan fingerprint density at radius 1 is 1.36 bits per heavy atom. The third kappa shape index (κ3) is 2.66. The van der Waals surface area contributed by atoms with Gasteiger partial charge in [0.05, 0.1) is 12.1 Å². The van der Waals surface area contributed by atoms with E-state index < -0.39 is 5.60 Å². The van der Waals surface area contributed by atoms with E-state index in [-0.39, 0.29) is 12.5 Å². The van der Waals surface area contributed by atoms with Crippen LogP contribution >= 0.6 is 0 Å². The molecule has 116 valence electrons. The van der Waals surface area contributed by atoms with E-state index in [0.29, 0.717) is 23.5 Å². The highest BCUT2D eigenvalue weighted by atomic mass is 16.3. The fraction of sp³-hybridized carbons (Fsp3) is 0.389. The maximum absolute atomic E-state index is 12.3. The Bertz CT molecular complexity index is 704. The maximum Gasteiger partial charge on any atom is 0.254 e. The van der Waals surface area contributed by atoms with Crippen LogP contribution in [-0.2, 0) is 12.0 Å². The number of aliphatic hydroxyl groups is 1. The summed E-state index contributed by atoms with van der Waals surface area (Å²) in [4.78, 5) is 12.3. The van der Waals surface area contributed by atoms with E-state index in [0.717, 1.165) is 18.4 Å². The van der Waals surface area contributed by atoms with Crippen molar-refractivity contribution in [3.8, 4) is 0 Å². The first kappa shape index (κ1) is 14.9. The van der Waals surface area contributed by atoms with Gasteiger partial charge in [0.1, 0.15) is 17.1 Å². The molecule has 1 amide bonds. The second kappa shape index (κ2) is 5.61. The number of hydrogen-bond donors (Lipinski definition) is 2. The van der Waals surface area contributed by atoms with E-state index in [1.807, 2.05) is 31.2 Å². The molecule has 4 nitrogen and oxygen atoms in total. The Labute approximate surface area is 130 Å². The van der Waals surface area contributed by atoms with Crippen LogP contribution in [0.5, 0.6) is 0 Å². The molecule has 22 heavy (non-hydrogen) atoms. The van der Waals surface area contributed by atoms with Crippen molar-refractivity contribution in [1.82, 2.24) is 5.32 Å². The standard InChI is InChI=1S/C18H21NO3/c1-12-10-15(13(2)22-12)17(20)19-11-18(21)9-5-7-14-6-3-4-8-16(14)18/h3-4,6,8,10,21H,5,7,9,11H2,1-2H3,(H,19,20). The van der Waals surface area contributed by atoms with Gasteiger partial charge in [-0.15, -0.1) is 0 Å². The lowest BCUT2D eigenvalue weighted by Crippen LogP contribution is -2.43. The number of hydrogen-bond acceptors (Lipinski definition) is 3. The molecular formula is C18H21NO3. The summed E-state index contributed by atoms with van der Waals surface area (Å²) in [6.45, 7) is 3.80. The van der Waals surface area contributed by atoms with Gasteiger partial charge in [0.15, 0.2) is 0 Å². The Hall–Kier alpha value is -2.07. The summed E-state index contributed by atoms with van der Waals surface area (Å²) in [5.41, 5.74) is 1.64.